The number of carbonyl (C=O) groups is 1. The fraction of sp³-hybridized carbons (Fsp3) is 0.594. The van der Waals surface area contributed by atoms with Gasteiger partial charge in [-0.1, -0.05) is 97.0 Å². The predicted molar refractivity (Wildman–Crippen MR) is 148 cm³/mol. The van der Waals surface area contributed by atoms with Gasteiger partial charge in [0.25, 0.3) is 5.69 Å². The second kappa shape index (κ2) is 18.7. The Morgan fingerprint density at radius 2 is 1.31 bits per heavy atom. The molecule has 2 rings (SSSR count). The first kappa shape index (κ1) is 29.7. The Balaban J connectivity index is 1.75. The van der Waals surface area contributed by atoms with Crippen LogP contribution in [0.1, 0.15) is 115 Å². The summed E-state index contributed by atoms with van der Waals surface area (Å²) < 4.78 is 9.71. The van der Waals surface area contributed by atoms with E-state index in [0.717, 1.165) is 6.42 Å². The Hall–Kier alpha value is -2.49. The smallest absolute Gasteiger partial charge is 0.333 e. The molecule has 2 aromatic heterocycles. The molecule has 0 fully saturated rings. The van der Waals surface area contributed by atoms with Crippen molar-refractivity contribution in [3.05, 3.63) is 72.3 Å². The number of esters is 1. The number of rotatable bonds is 20. The van der Waals surface area contributed by atoms with Crippen LogP contribution in [0.3, 0.4) is 0 Å². The normalized spacial score (nSPS) is 10.9. The highest BCUT2D eigenvalue weighted by Gasteiger charge is 2.23. The van der Waals surface area contributed by atoms with Crippen molar-refractivity contribution in [1.29, 1.82) is 0 Å². The quantitative estimate of drug-likeness (QED) is 0.0840. The Labute approximate surface area is 220 Å². The SMILES string of the molecule is C=C(C)C(=O)OCCc1ccc[n+](-[n+]2ccccc2)c1CCCCCCCCCCCCCCCC. The maximum atomic E-state index is 11.8. The molecule has 0 N–H and O–H groups in total. The van der Waals surface area contributed by atoms with Gasteiger partial charge in [-0.2, -0.15) is 0 Å². The number of pyridine rings is 2. The van der Waals surface area contributed by atoms with Gasteiger partial charge in [-0.3, -0.25) is 0 Å². The van der Waals surface area contributed by atoms with Crippen LogP contribution in [0.2, 0.25) is 0 Å². The van der Waals surface area contributed by atoms with Crippen molar-refractivity contribution in [2.75, 3.05) is 6.61 Å². The summed E-state index contributed by atoms with van der Waals surface area (Å²) in [5.41, 5.74) is 2.97. The Kier molecular flexibility index (Phi) is 15.5. The molecule has 198 valence electrons. The number of carbonyl (C=O) groups excluding carboxylic acids is 1. The molecule has 0 unspecified atom stereocenters. The molecule has 0 aliphatic heterocycles. The molecule has 36 heavy (non-hydrogen) atoms. The third kappa shape index (κ3) is 12.0. The van der Waals surface area contributed by atoms with E-state index >= 15 is 0 Å². The first-order valence-corrected chi connectivity index (χ1v) is 14.5. The van der Waals surface area contributed by atoms with Crippen molar-refractivity contribution in [3.8, 4) is 0 Å². The van der Waals surface area contributed by atoms with Crippen LogP contribution in [0.25, 0.3) is 0 Å². The monoisotopic (exact) mass is 494 g/mol. The number of hydrogen-bond donors (Lipinski definition) is 0. The van der Waals surface area contributed by atoms with E-state index in [2.05, 4.69) is 53.6 Å². The van der Waals surface area contributed by atoms with Crippen LogP contribution < -0.4 is 9.35 Å². The van der Waals surface area contributed by atoms with E-state index in [1.165, 1.54) is 101 Å². The lowest BCUT2D eigenvalue weighted by molar-refractivity contribution is -1.30. The maximum absolute atomic E-state index is 11.8. The highest BCUT2D eigenvalue weighted by Crippen LogP contribution is 2.15. The summed E-state index contributed by atoms with van der Waals surface area (Å²) in [7, 11) is 0. The van der Waals surface area contributed by atoms with Crippen LogP contribution in [-0.2, 0) is 22.4 Å². The van der Waals surface area contributed by atoms with Gasteiger partial charge in [-0.05, 0) is 25.5 Å². The number of hydrogen-bond acceptors (Lipinski definition) is 2. The van der Waals surface area contributed by atoms with E-state index in [1.807, 2.05) is 18.2 Å². The molecule has 0 saturated carbocycles. The minimum absolute atomic E-state index is 0.315. The van der Waals surface area contributed by atoms with Gasteiger partial charge in [0, 0.05) is 42.2 Å². The zero-order valence-corrected chi connectivity index (χ0v) is 23.1. The van der Waals surface area contributed by atoms with Gasteiger partial charge in [0.1, 0.15) is 0 Å². The third-order valence-electron chi connectivity index (χ3n) is 6.84. The van der Waals surface area contributed by atoms with Gasteiger partial charge in [0.2, 0.25) is 18.6 Å². The molecular formula is C32H50N2O2+2. The summed E-state index contributed by atoms with van der Waals surface area (Å²) in [6.45, 7) is 8.02. The van der Waals surface area contributed by atoms with Gasteiger partial charge in [0.05, 0.1) is 16.0 Å². The number of aromatic nitrogens is 2. The number of ether oxygens (including phenoxy) is 1. The maximum Gasteiger partial charge on any atom is 0.333 e. The van der Waals surface area contributed by atoms with E-state index in [4.69, 9.17) is 4.74 Å². The fourth-order valence-electron chi connectivity index (χ4n) is 4.69. The van der Waals surface area contributed by atoms with Crippen molar-refractivity contribution in [2.24, 2.45) is 0 Å². The first-order valence-electron chi connectivity index (χ1n) is 14.5. The third-order valence-corrected chi connectivity index (χ3v) is 6.84. The molecular weight excluding hydrogens is 444 g/mol. The summed E-state index contributed by atoms with van der Waals surface area (Å²) in [5, 5.41) is 0. The highest BCUT2D eigenvalue weighted by atomic mass is 16.5. The Bertz CT molecular complexity index is 879. The zero-order chi connectivity index (χ0) is 25.8. The minimum atomic E-state index is -0.315. The van der Waals surface area contributed by atoms with Crippen molar-refractivity contribution in [1.82, 2.24) is 0 Å². The Morgan fingerprint density at radius 3 is 1.86 bits per heavy atom. The molecule has 2 heterocycles. The summed E-state index contributed by atoms with van der Waals surface area (Å²) in [4.78, 5) is 11.8. The summed E-state index contributed by atoms with van der Waals surface area (Å²) >= 11 is 0. The van der Waals surface area contributed by atoms with Gasteiger partial charge < -0.3 is 4.74 Å². The topological polar surface area (TPSA) is 34.1 Å². The van der Waals surface area contributed by atoms with Gasteiger partial charge in [-0.25, -0.2) is 4.79 Å². The van der Waals surface area contributed by atoms with Crippen LogP contribution in [0, 0.1) is 0 Å². The van der Waals surface area contributed by atoms with Crippen LogP contribution in [0.5, 0.6) is 0 Å². The molecule has 0 atom stereocenters. The molecule has 4 heteroatoms. The molecule has 0 radical (unpaired) electrons. The van der Waals surface area contributed by atoms with Crippen LogP contribution in [0.4, 0.5) is 0 Å². The number of unbranched alkanes of at least 4 members (excludes halogenated alkanes) is 13. The van der Waals surface area contributed by atoms with E-state index in [9.17, 15) is 4.79 Å². The molecule has 4 nitrogen and oxygen atoms in total. The molecule has 0 bridgehead atoms. The standard InChI is InChI=1S/C32H50N2O2/c1-4-5-6-7-8-9-10-11-12-13-14-15-16-18-23-31-30(24-28-36-32(35)29(2)3)22-21-27-34(31)33-25-19-17-20-26-33/h17,19-22,25-27H,2,4-16,18,23-24,28H2,1,3H3/q+2. The van der Waals surface area contributed by atoms with Gasteiger partial charge in [-0.15, -0.1) is 0 Å². The lowest BCUT2D eigenvalue weighted by Crippen LogP contribution is -2.68. The fourth-order valence-corrected chi connectivity index (χ4v) is 4.69. The number of nitrogens with zero attached hydrogens (tertiary/aromatic N) is 2. The van der Waals surface area contributed by atoms with E-state index in [0.29, 0.717) is 18.6 Å². The average Bonchev–Trinajstić information content (AvgIpc) is 2.89. The Morgan fingerprint density at radius 1 is 0.750 bits per heavy atom. The van der Waals surface area contributed by atoms with Crippen molar-refractivity contribution in [2.45, 2.75) is 117 Å². The molecule has 0 aliphatic carbocycles. The lowest BCUT2D eigenvalue weighted by atomic mass is 10.0. The van der Waals surface area contributed by atoms with Crippen molar-refractivity contribution >= 4 is 5.97 Å². The van der Waals surface area contributed by atoms with Gasteiger partial charge >= 0.3 is 5.97 Å². The summed E-state index contributed by atoms with van der Waals surface area (Å²) in [6, 6.07) is 10.4. The molecule has 0 aliphatic rings. The molecule has 0 spiro atoms. The zero-order valence-electron chi connectivity index (χ0n) is 23.1. The van der Waals surface area contributed by atoms with E-state index < -0.39 is 0 Å². The summed E-state index contributed by atoms with van der Waals surface area (Å²) in [6.07, 6.45) is 27.1. The van der Waals surface area contributed by atoms with E-state index in [1.54, 1.807) is 6.92 Å². The van der Waals surface area contributed by atoms with Crippen LogP contribution in [-0.4, -0.2) is 12.6 Å². The largest absolute Gasteiger partial charge is 0.462 e. The van der Waals surface area contributed by atoms with Crippen LogP contribution >= 0.6 is 0 Å². The first-order chi connectivity index (χ1) is 17.6. The van der Waals surface area contributed by atoms with Crippen LogP contribution in [0.15, 0.2) is 61.1 Å². The van der Waals surface area contributed by atoms with Gasteiger partial charge in [0.15, 0.2) is 0 Å². The molecule has 0 saturated heterocycles. The van der Waals surface area contributed by atoms with Crippen molar-refractivity contribution < 1.29 is 18.9 Å². The molecule has 0 amide bonds. The second-order valence-electron chi connectivity index (χ2n) is 10.1. The second-order valence-corrected chi connectivity index (χ2v) is 10.1. The summed E-state index contributed by atoms with van der Waals surface area (Å²) in [5.74, 6) is -0.315. The minimum Gasteiger partial charge on any atom is -0.462 e. The predicted octanol–water partition coefficient (Wildman–Crippen LogP) is 7.26. The molecule has 0 aromatic carbocycles. The van der Waals surface area contributed by atoms with E-state index in [-0.39, 0.29) is 5.97 Å². The highest BCUT2D eigenvalue weighted by molar-refractivity contribution is 5.86. The van der Waals surface area contributed by atoms with Crippen molar-refractivity contribution in [3.63, 3.8) is 0 Å². The molecule has 2 aromatic rings. The average molecular weight is 495 g/mol. The lowest BCUT2D eigenvalue weighted by Gasteiger charge is -2.07.